The van der Waals surface area contributed by atoms with Crippen molar-refractivity contribution < 1.29 is 24.1 Å². The predicted octanol–water partition coefficient (Wildman–Crippen LogP) is 16.2. The van der Waals surface area contributed by atoms with Gasteiger partial charge in [0.1, 0.15) is 6.10 Å². The number of unbranched alkanes of at least 4 members (excludes halogenated alkanes) is 15. The van der Waals surface area contributed by atoms with E-state index in [-0.39, 0.29) is 25.0 Å². The van der Waals surface area contributed by atoms with Gasteiger partial charge in [-0.1, -0.05) is 156 Å². The van der Waals surface area contributed by atoms with Gasteiger partial charge >= 0.3 is 5.97 Å². The lowest BCUT2D eigenvalue weighted by Gasteiger charge is -2.58. The van der Waals surface area contributed by atoms with Crippen molar-refractivity contribution in [1.29, 1.82) is 0 Å². The number of hydrogen-bond donors (Lipinski definition) is 1. The molecule has 0 aliphatic heterocycles. The minimum absolute atomic E-state index is 0.0231. The molecule has 0 amide bonds. The second-order valence-electron chi connectivity index (χ2n) is 23.3. The number of hydrogen-bond acceptors (Lipinski definition) is 6. The van der Waals surface area contributed by atoms with E-state index in [1.807, 2.05) is 0 Å². The fourth-order valence-electron chi connectivity index (χ4n) is 13.8. The van der Waals surface area contributed by atoms with E-state index in [2.05, 4.69) is 59.4 Å². The number of aliphatic hydroxyl groups excluding tert-OH is 1. The fourth-order valence-corrected chi connectivity index (χ4v) is 13.8. The van der Waals surface area contributed by atoms with Crippen LogP contribution in [0.15, 0.2) is 11.6 Å². The third kappa shape index (κ3) is 19.4. The Kier molecular flexibility index (Phi) is 27.9. The van der Waals surface area contributed by atoms with Crippen LogP contribution in [-0.4, -0.2) is 67.8 Å². The summed E-state index contributed by atoms with van der Waals surface area (Å²) in [7, 11) is 0. The lowest BCUT2D eigenvalue weighted by molar-refractivity contribution is -0.151. The number of carbonyl (C=O) groups excluding carboxylic acids is 1. The van der Waals surface area contributed by atoms with Crippen LogP contribution in [0.5, 0.6) is 0 Å². The topological polar surface area (TPSA) is 68.2 Å². The average Bonchev–Trinajstić information content (AvgIpc) is 3.65. The Labute approximate surface area is 403 Å². The summed E-state index contributed by atoms with van der Waals surface area (Å²) < 4.78 is 18.7. The first kappa shape index (κ1) is 56.6. The lowest BCUT2D eigenvalue weighted by atomic mass is 9.47. The summed E-state index contributed by atoms with van der Waals surface area (Å²) in [4.78, 5) is 15.8. The van der Waals surface area contributed by atoms with Crippen molar-refractivity contribution >= 4 is 5.97 Å². The average molecular weight is 913 g/mol. The summed E-state index contributed by atoms with van der Waals surface area (Å²) in [5.41, 5.74) is 2.45. The number of fused-ring (bicyclic) bond motifs is 5. The summed E-state index contributed by atoms with van der Waals surface area (Å²) in [5, 5.41) is 9.44. The van der Waals surface area contributed by atoms with E-state index in [1.165, 1.54) is 141 Å². The van der Waals surface area contributed by atoms with Gasteiger partial charge in [0.2, 0.25) is 0 Å². The predicted molar refractivity (Wildman–Crippen MR) is 275 cm³/mol. The molecule has 1 N–H and O–H groups in total. The fraction of sp³-hybridized carbons (Fsp3) is 0.949. The Morgan fingerprint density at radius 2 is 1.29 bits per heavy atom. The number of allylic oxidation sites excluding steroid dienone is 1. The number of esters is 1. The van der Waals surface area contributed by atoms with Gasteiger partial charge in [-0.15, -0.1) is 0 Å². The highest BCUT2D eigenvalue weighted by Gasteiger charge is 2.59. The molecule has 4 aliphatic rings. The Bertz CT molecular complexity index is 1250. The third-order valence-corrected chi connectivity index (χ3v) is 17.8. The molecule has 6 nitrogen and oxygen atoms in total. The van der Waals surface area contributed by atoms with Gasteiger partial charge in [0.15, 0.2) is 6.29 Å². The molecule has 0 aromatic carbocycles. The quantitative estimate of drug-likeness (QED) is 0.0288. The van der Waals surface area contributed by atoms with E-state index < -0.39 is 0 Å². The molecule has 4 rings (SSSR count). The molecule has 8 atom stereocenters. The molecular formula is C59H109NO5. The van der Waals surface area contributed by atoms with Gasteiger partial charge in [-0.05, 0) is 169 Å². The largest absolute Gasteiger partial charge is 0.462 e. The van der Waals surface area contributed by atoms with Crippen molar-refractivity contribution in [1.82, 2.24) is 4.90 Å². The monoisotopic (exact) mass is 912 g/mol. The highest BCUT2D eigenvalue weighted by molar-refractivity contribution is 5.69. The summed E-state index contributed by atoms with van der Waals surface area (Å²) >= 11 is 0. The third-order valence-electron chi connectivity index (χ3n) is 17.8. The molecule has 0 aromatic heterocycles. The molecule has 0 bridgehead atoms. The van der Waals surface area contributed by atoms with E-state index in [4.69, 9.17) is 14.2 Å². The molecule has 380 valence electrons. The van der Waals surface area contributed by atoms with E-state index in [9.17, 15) is 9.90 Å². The van der Waals surface area contributed by atoms with Gasteiger partial charge in [-0.3, -0.25) is 4.79 Å². The molecular weight excluding hydrogens is 803 g/mol. The molecule has 6 heteroatoms. The number of rotatable bonds is 38. The van der Waals surface area contributed by atoms with Crippen LogP contribution in [0.3, 0.4) is 0 Å². The van der Waals surface area contributed by atoms with Crippen molar-refractivity contribution in [2.24, 2.45) is 46.3 Å². The number of carbonyl (C=O) groups is 1. The van der Waals surface area contributed by atoms with Gasteiger partial charge in [0, 0.05) is 32.7 Å². The van der Waals surface area contributed by atoms with Crippen molar-refractivity contribution in [3.05, 3.63) is 11.6 Å². The molecule has 8 unspecified atom stereocenters. The molecule has 3 saturated carbocycles. The summed E-state index contributed by atoms with van der Waals surface area (Å²) in [6.45, 7) is 22.4. The highest BCUT2D eigenvalue weighted by Crippen LogP contribution is 2.67. The first-order chi connectivity index (χ1) is 31.5. The van der Waals surface area contributed by atoms with Crippen LogP contribution in [0, 0.1) is 46.3 Å². The van der Waals surface area contributed by atoms with Crippen LogP contribution in [-0.2, 0) is 19.0 Å². The Morgan fingerprint density at radius 1 is 0.677 bits per heavy atom. The molecule has 65 heavy (non-hydrogen) atoms. The zero-order chi connectivity index (χ0) is 46.8. The zero-order valence-electron chi connectivity index (χ0n) is 44.3. The summed E-state index contributed by atoms with van der Waals surface area (Å²) in [6, 6.07) is 0. The molecule has 3 fully saturated rings. The Morgan fingerprint density at radius 3 is 1.95 bits per heavy atom. The van der Waals surface area contributed by atoms with Crippen LogP contribution in [0.4, 0.5) is 0 Å². The molecule has 0 radical (unpaired) electrons. The first-order valence-electron chi connectivity index (χ1n) is 29.0. The van der Waals surface area contributed by atoms with Crippen molar-refractivity contribution in [2.45, 2.75) is 273 Å². The van der Waals surface area contributed by atoms with Gasteiger partial charge < -0.3 is 24.2 Å². The lowest BCUT2D eigenvalue weighted by Crippen LogP contribution is -2.51. The van der Waals surface area contributed by atoms with E-state index >= 15 is 0 Å². The second kappa shape index (κ2) is 32.0. The Balaban J connectivity index is 1.10. The molecule has 0 heterocycles. The van der Waals surface area contributed by atoms with Crippen LogP contribution in [0.2, 0.25) is 0 Å². The first-order valence-corrected chi connectivity index (χ1v) is 29.0. The number of nitrogens with zero attached hydrogens (tertiary/aromatic N) is 1. The van der Waals surface area contributed by atoms with Crippen molar-refractivity contribution in [2.75, 3.05) is 39.5 Å². The molecule has 4 aliphatic carbocycles. The molecule has 0 aromatic rings. The number of aliphatic hydroxyl groups is 1. The summed E-state index contributed by atoms with van der Waals surface area (Å²) in [6.07, 6.45) is 42.5. The van der Waals surface area contributed by atoms with Gasteiger partial charge in [0.25, 0.3) is 0 Å². The maximum atomic E-state index is 13.2. The van der Waals surface area contributed by atoms with E-state index in [1.54, 1.807) is 5.57 Å². The summed E-state index contributed by atoms with van der Waals surface area (Å²) in [5.74, 6) is 5.16. The van der Waals surface area contributed by atoms with Crippen LogP contribution < -0.4 is 0 Å². The van der Waals surface area contributed by atoms with Gasteiger partial charge in [0.05, 0.1) is 0 Å². The van der Waals surface area contributed by atoms with Crippen LogP contribution in [0.1, 0.15) is 260 Å². The second-order valence-corrected chi connectivity index (χ2v) is 23.3. The van der Waals surface area contributed by atoms with E-state index in [0.717, 1.165) is 133 Å². The normalized spacial score (nSPS) is 26.9. The highest BCUT2D eigenvalue weighted by atomic mass is 16.7. The van der Waals surface area contributed by atoms with Gasteiger partial charge in [-0.25, -0.2) is 0 Å². The maximum Gasteiger partial charge on any atom is 0.306 e. The SMILES string of the molecule is CCCCCCCOC(CCCCCCCN(CCCCO)CCCCCC(=O)OC1CCC2(C)C(=CCC3C2CCC2(C)C(C(C)CCCC(C)C)CCC32)C1)OCCCCCCC. The van der Waals surface area contributed by atoms with E-state index in [0.29, 0.717) is 17.3 Å². The maximum absolute atomic E-state index is 13.2. The minimum atomic E-state index is -0.0330. The molecule has 0 saturated heterocycles. The zero-order valence-corrected chi connectivity index (χ0v) is 44.3. The van der Waals surface area contributed by atoms with Crippen LogP contribution in [0.25, 0.3) is 0 Å². The van der Waals surface area contributed by atoms with Crippen molar-refractivity contribution in [3.63, 3.8) is 0 Å². The number of ether oxygens (including phenoxy) is 3. The Hall–Kier alpha value is -0.950. The smallest absolute Gasteiger partial charge is 0.306 e. The standard InChI is InChI=1S/C59H109NO5/c1-8-10-12-17-26-45-63-57(64-46-27-18-13-11-9-2)32-21-15-14-16-22-41-60(43-24-25-44-61)42-23-19-20-31-56(62)65-51-37-39-58(6)50(47-51)33-34-52-54-36-35-53(49(5)30-28-29-48(3)4)59(54,7)40-38-55(52)58/h33,48-49,51-55,57,61H,8-32,34-47H2,1-7H3. The van der Waals surface area contributed by atoms with Crippen LogP contribution >= 0.6 is 0 Å². The molecule has 0 spiro atoms. The van der Waals surface area contributed by atoms with Gasteiger partial charge in [-0.2, -0.15) is 0 Å². The minimum Gasteiger partial charge on any atom is -0.462 e. The van der Waals surface area contributed by atoms with Crippen molar-refractivity contribution in [3.8, 4) is 0 Å².